The highest BCUT2D eigenvalue weighted by Gasteiger charge is 2.62. The summed E-state index contributed by atoms with van der Waals surface area (Å²) in [5.74, 6) is -2.20. The zero-order valence-corrected chi connectivity index (χ0v) is 16.0. The largest absolute Gasteiger partial charge is 0.595 e. The van der Waals surface area contributed by atoms with Crippen LogP contribution in [0.5, 0.6) is 0 Å². The first-order chi connectivity index (χ1) is 13.0. The lowest BCUT2D eigenvalue weighted by Gasteiger charge is -2.36. The monoisotopic (exact) mass is 396 g/mol. The van der Waals surface area contributed by atoms with Crippen LogP contribution in [0, 0.1) is 5.21 Å². The number of hydrogen-bond acceptors (Lipinski definition) is 8. The molecule has 3 N–H and O–H groups in total. The van der Waals surface area contributed by atoms with Gasteiger partial charge in [-0.3, -0.25) is 4.79 Å². The first-order valence-electron chi connectivity index (χ1n) is 9.06. The van der Waals surface area contributed by atoms with E-state index in [4.69, 9.17) is 28.9 Å². The molecule has 3 heterocycles. The van der Waals surface area contributed by atoms with Gasteiger partial charge in [-0.1, -0.05) is 0 Å². The van der Waals surface area contributed by atoms with Crippen LogP contribution < -0.4 is 10.5 Å². The van der Waals surface area contributed by atoms with Gasteiger partial charge in [-0.05, 0) is 39.8 Å². The molecule has 4 rings (SSSR count). The number of rotatable bonds is 3. The summed E-state index contributed by atoms with van der Waals surface area (Å²) in [5, 5.41) is 21.6. The Bertz CT molecular complexity index is 750. The van der Waals surface area contributed by atoms with E-state index >= 15 is 0 Å². The third-order valence-corrected chi connectivity index (χ3v) is 4.81. The highest BCUT2D eigenvalue weighted by molar-refractivity contribution is 5.95. The smallest absolute Gasteiger partial charge is 0.256 e. The van der Waals surface area contributed by atoms with E-state index in [1.165, 1.54) is 24.3 Å². The molecule has 10 nitrogen and oxygen atoms in total. The van der Waals surface area contributed by atoms with E-state index in [9.17, 15) is 10.0 Å². The summed E-state index contributed by atoms with van der Waals surface area (Å²) in [5.41, 5.74) is 0.571. The molecule has 3 fully saturated rings. The minimum absolute atomic E-state index is 0.128. The molecule has 0 radical (unpaired) electrons. The molecule has 0 saturated carbocycles. The fourth-order valence-electron chi connectivity index (χ4n) is 3.73. The lowest BCUT2D eigenvalue weighted by Crippen LogP contribution is -2.99. The quantitative estimate of drug-likeness (QED) is 0.629. The Labute approximate surface area is 161 Å². The van der Waals surface area contributed by atoms with E-state index in [-0.39, 0.29) is 5.69 Å². The average Bonchev–Trinajstić information content (AvgIpc) is 3.08. The Morgan fingerprint density at radius 1 is 1.00 bits per heavy atom. The fraction of sp³-hybridized carbons (Fsp3) is 0.611. The second kappa shape index (κ2) is 6.71. The summed E-state index contributed by atoms with van der Waals surface area (Å²) >= 11 is 0. The van der Waals surface area contributed by atoms with E-state index in [1.54, 1.807) is 27.7 Å². The summed E-state index contributed by atoms with van der Waals surface area (Å²) in [7, 11) is 0. The fourth-order valence-corrected chi connectivity index (χ4v) is 3.73. The summed E-state index contributed by atoms with van der Waals surface area (Å²) < 4.78 is 29.5. The van der Waals surface area contributed by atoms with Crippen LogP contribution >= 0.6 is 0 Å². The van der Waals surface area contributed by atoms with Gasteiger partial charge in [-0.15, -0.1) is 0 Å². The van der Waals surface area contributed by atoms with Gasteiger partial charge < -0.3 is 34.2 Å². The number of ether oxygens (including phenoxy) is 5. The molecule has 28 heavy (non-hydrogen) atoms. The third-order valence-electron chi connectivity index (χ3n) is 4.81. The van der Waals surface area contributed by atoms with Crippen LogP contribution in [0.15, 0.2) is 24.3 Å². The number of nitrogens with one attached hydrogen (secondary N) is 2. The van der Waals surface area contributed by atoms with Crippen molar-refractivity contribution in [2.75, 3.05) is 5.32 Å². The van der Waals surface area contributed by atoms with Crippen molar-refractivity contribution >= 4 is 17.3 Å². The first-order valence-corrected chi connectivity index (χ1v) is 9.06. The molecular formula is C18H24N2O8. The maximum atomic E-state index is 12.9. The van der Waals surface area contributed by atoms with Crippen LogP contribution in [0.1, 0.15) is 27.7 Å². The Kier molecular flexibility index (Phi) is 4.72. The maximum absolute atomic E-state index is 12.9. The van der Waals surface area contributed by atoms with Gasteiger partial charge in [0.25, 0.3) is 5.91 Å². The third kappa shape index (κ3) is 3.65. The Balaban J connectivity index is 1.53. The van der Waals surface area contributed by atoms with Gasteiger partial charge in [-0.25, -0.2) is 5.21 Å². The van der Waals surface area contributed by atoms with Gasteiger partial charge in [0.05, 0.1) is 0 Å². The number of fused-ring (bicyclic) bond motifs is 3. The van der Waals surface area contributed by atoms with Gasteiger partial charge in [-0.2, -0.15) is 5.23 Å². The summed E-state index contributed by atoms with van der Waals surface area (Å²) in [6.07, 6.45) is -3.46. The number of quaternary nitrogens is 1. The molecule has 154 valence electrons. The Morgan fingerprint density at radius 3 is 2.21 bits per heavy atom. The molecule has 1 unspecified atom stereocenters. The molecule has 10 heteroatoms. The second-order valence-corrected chi connectivity index (χ2v) is 7.96. The molecule has 3 aliphatic heterocycles. The van der Waals surface area contributed by atoms with Crippen molar-refractivity contribution in [1.82, 2.24) is 0 Å². The Hall–Kier alpha value is -1.63. The lowest BCUT2D eigenvalue weighted by atomic mass is 9.98. The van der Waals surface area contributed by atoms with Crippen molar-refractivity contribution in [3.05, 3.63) is 29.5 Å². The van der Waals surface area contributed by atoms with E-state index < -0.39 is 53.4 Å². The molecular weight excluding hydrogens is 372 g/mol. The van der Waals surface area contributed by atoms with Gasteiger partial charge in [0.2, 0.25) is 0 Å². The SMILES string of the molecule is CC1(C)O[C@H]2[C@@H](O1)[C@@H](C(=O)Nc1ccc([NH+]([O-])O)cc1)O[C@@H]1OC(C)(C)O[C@@H]12. The highest BCUT2D eigenvalue weighted by Crippen LogP contribution is 2.44. The predicted octanol–water partition coefficient (Wildman–Crippen LogP) is 0.425. The van der Waals surface area contributed by atoms with Crippen molar-refractivity contribution in [3.8, 4) is 0 Å². The van der Waals surface area contributed by atoms with Gasteiger partial charge in [0.15, 0.2) is 29.7 Å². The summed E-state index contributed by atoms with van der Waals surface area (Å²) in [4.78, 5) is 12.9. The van der Waals surface area contributed by atoms with E-state index in [0.29, 0.717) is 5.69 Å². The number of amides is 1. The van der Waals surface area contributed by atoms with Crippen molar-refractivity contribution in [2.45, 2.75) is 70.0 Å². The highest BCUT2D eigenvalue weighted by atomic mass is 16.9. The first kappa shape index (κ1) is 19.7. The second-order valence-electron chi connectivity index (χ2n) is 7.96. The molecule has 0 spiro atoms. The standard InChI is InChI=1S/C18H24N2O8/c1-17(2)25-11-12(26-17)14-16(28-18(3,4)27-14)24-13(11)15(21)19-9-5-7-10(8-6-9)20(22)23/h5-8,11-14,16,20,22H,1-4H3,(H,19,21)/t11-,12+,13+,14-,16-/m1/s1. The molecule has 0 aliphatic carbocycles. The minimum atomic E-state index is -1.04. The number of anilines is 1. The molecule has 6 atom stereocenters. The number of hydrogen-bond donors (Lipinski definition) is 3. The van der Waals surface area contributed by atoms with Crippen LogP contribution in [-0.4, -0.2) is 53.4 Å². The number of benzene rings is 1. The molecule has 1 amide bonds. The van der Waals surface area contributed by atoms with Crippen LogP contribution in [0.4, 0.5) is 11.4 Å². The average molecular weight is 396 g/mol. The molecule has 3 saturated heterocycles. The number of carbonyl (C=O) groups is 1. The van der Waals surface area contributed by atoms with Gasteiger partial charge in [0, 0.05) is 17.8 Å². The lowest BCUT2D eigenvalue weighted by molar-refractivity contribution is -0.991. The van der Waals surface area contributed by atoms with Crippen molar-refractivity contribution in [3.63, 3.8) is 0 Å². The van der Waals surface area contributed by atoms with Gasteiger partial charge >= 0.3 is 0 Å². The maximum Gasteiger partial charge on any atom is 0.256 e. The van der Waals surface area contributed by atoms with E-state index in [2.05, 4.69) is 5.32 Å². The number of carbonyl (C=O) groups excluding carboxylic acids is 1. The predicted molar refractivity (Wildman–Crippen MR) is 93.4 cm³/mol. The van der Waals surface area contributed by atoms with Crippen molar-refractivity contribution in [1.29, 1.82) is 0 Å². The molecule has 1 aromatic carbocycles. The molecule has 1 aromatic rings. The van der Waals surface area contributed by atoms with E-state index in [0.717, 1.165) is 0 Å². The van der Waals surface area contributed by atoms with Gasteiger partial charge in [0.1, 0.15) is 18.3 Å². The van der Waals surface area contributed by atoms with Crippen LogP contribution in [0.3, 0.4) is 0 Å². The molecule has 3 aliphatic rings. The van der Waals surface area contributed by atoms with Crippen molar-refractivity contribution < 1.29 is 38.9 Å². The normalized spacial score (nSPS) is 36.4. The zero-order valence-electron chi connectivity index (χ0n) is 16.0. The van der Waals surface area contributed by atoms with Crippen LogP contribution in [0.25, 0.3) is 0 Å². The topological polar surface area (TPSA) is 123 Å². The summed E-state index contributed by atoms with van der Waals surface area (Å²) in [6.45, 7) is 7.06. The molecule has 0 bridgehead atoms. The van der Waals surface area contributed by atoms with Crippen LogP contribution in [0.2, 0.25) is 0 Å². The zero-order chi connectivity index (χ0) is 20.3. The Morgan fingerprint density at radius 2 is 1.57 bits per heavy atom. The minimum Gasteiger partial charge on any atom is -0.595 e. The molecule has 0 aromatic heterocycles. The summed E-state index contributed by atoms with van der Waals surface area (Å²) in [6, 6.07) is 5.85. The van der Waals surface area contributed by atoms with Crippen LogP contribution in [-0.2, 0) is 28.5 Å². The van der Waals surface area contributed by atoms with Crippen molar-refractivity contribution in [2.24, 2.45) is 0 Å². The van der Waals surface area contributed by atoms with E-state index in [1.807, 2.05) is 0 Å².